The highest BCUT2D eigenvalue weighted by Crippen LogP contribution is 2.35. The third-order valence-corrected chi connectivity index (χ3v) is 4.55. The van der Waals surface area contributed by atoms with Gasteiger partial charge in [-0.3, -0.25) is 9.67 Å². The van der Waals surface area contributed by atoms with E-state index in [0.29, 0.717) is 29.1 Å². The van der Waals surface area contributed by atoms with Gasteiger partial charge in [-0.1, -0.05) is 43.1 Å². The second-order valence-electron chi connectivity index (χ2n) is 6.21. The van der Waals surface area contributed by atoms with Crippen molar-refractivity contribution in [3.63, 3.8) is 0 Å². The molecule has 0 unspecified atom stereocenters. The Kier molecular flexibility index (Phi) is 8.50. The molecule has 0 spiro atoms. The zero-order valence-corrected chi connectivity index (χ0v) is 18.6. The van der Waals surface area contributed by atoms with Crippen LogP contribution < -0.4 is 10.6 Å². The van der Waals surface area contributed by atoms with Crippen molar-refractivity contribution in [3.8, 4) is 0 Å². The van der Waals surface area contributed by atoms with Crippen molar-refractivity contribution in [1.82, 2.24) is 20.4 Å². The molecule has 1 aromatic heterocycles. The van der Waals surface area contributed by atoms with E-state index in [1.54, 1.807) is 13.2 Å². The lowest BCUT2D eigenvalue weighted by Crippen LogP contribution is -2.43. The molecule has 0 aliphatic heterocycles. The number of nitrogens with one attached hydrogen (secondary N) is 2. The Balaban J connectivity index is 0.00000312. The van der Waals surface area contributed by atoms with E-state index in [2.05, 4.69) is 34.6 Å². The molecule has 0 atom stereocenters. The number of rotatable bonds is 5. The summed E-state index contributed by atoms with van der Waals surface area (Å²) in [6.07, 6.45) is 1.77. The summed E-state index contributed by atoms with van der Waals surface area (Å²) in [6, 6.07) is 7.54. The van der Waals surface area contributed by atoms with Crippen molar-refractivity contribution >= 4 is 53.1 Å². The van der Waals surface area contributed by atoms with Crippen LogP contribution in [0.3, 0.4) is 0 Å². The van der Waals surface area contributed by atoms with Crippen molar-refractivity contribution in [3.05, 3.63) is 51.8 Å². The normalized spacial score (nSPS) is 11.8. The average molecular weight is 496 g/mol. The number of aliphatic imine (C=N–C) groups is 1. The van der Waals surface area contributed by atoms with Crippen LogP contribution in [0.4, 0.5) is 0 Å². The lowest BCUT2D eigenvalue weighted by atomic mass is 9.84. The quantitative estimate of drug-likeness (QED) is 0.374. The van der Waals surface area contributed by atoms with Gasteiger partial charge in [-0.25, -0.2) is 0 Å². The zero-order chi connectivity index (χ0) is 17.7. The predicted octanol–water partition coefficient (Wildman–Crippen LogP) is 3.99. The number of halogens is 3. The average Bonchev–Trinajstić information content (AvgIpc) is 2.92. The smallest absolute Gasteiger partial charge is 0.191 e. The van der Waals surface area contributed by atoms with Gasteiger partial charge in [-0.2, -0.15) is 5.10 Å². The van der Waals surface area contributed by atoms with E-state index in [1.807, 2.05) is 36.0 Å². The van der Waals surface area contributed by atoms with Gasteiger partial charge in [-0.05, 0) is 23.8 Å². The number of nitrogens with zero attached hydrogens (tertiary/aromatic N) is 3. The fourth-order valence-electron chi connectivity index (χ4n) is 2.51. The van der Waals surface area contributed by atoms with E-state index in [4.69, 9.17) is 23.2 Å². The number of guanidine groups is 1. The van der Waals surface area contributed by atoms with Gasteiger partial charge in [0.2, 0.25) is 0 Å². The molecule has 5 nitrogen and oxygen atoms in total. The summed E-state index contributed by atoms with van der Waals surface area (Å²) in [5.74, 6) is 0.715. The fourth-order valence-corrected chi connectivity index (χ4v) is 3.42. The van der Waals surface area contributed by atoms with Gasteiger partial charge in [0.05, 0.1) is 12.2 Å². The highest BCUT2D eigenvalue weighted by atomic mass is 127. The lowest BCUT2D eigenvalue weighted by molar-refractivity contribution is 0.508. The summed E-state index contributed by atoms with van der Waals surface area (Å²) < 4.78 is 1.83. The van der Waals surface area contributed by atoms with Gasteiger partial charge < -0.3 is 10.6 Å². The van der Waals surface area contributed by atoms with E-state index in [1.165, 1.54) is 0 Å². The van der Waals surface area contributed by atoms with Crippen molar-refractivity contribution in [2.24, 2.45) is 12.0 Å². The zero-order valence-electron chi connectivity index (χ0n) is 14.8. The first kappa shape index (κ1) is 22.1. The Morgan fingerprint density at radius 1 is 1.20 bits per heavy atom. The van der Waals surface area contributed by atoms with Crippen LogP contribution in [-0.4, -0.2) is 29.3 Å². The fraction of sp³-hybridized carbons (Fsp3) is 0.412. The Hall–Kier alpha value is -0.990. The third kappa shape index (κ3) is 5.76. The van der Waals surface area contributed by atoms with E-state index >= 15 is 0 Å². The second-order valence-corrected chi connectivity index (χ2v) is 7.02. The van der Waals surface area contributed by atoms with Gasteiger partial charge in [0.25, 0.3) is 0 Å². The molecule has 0 amide bonds. The van der Waals surface area contributed by atoms with Gasteiger partial charge >= 0.3 is 0 Å². The first-order chi connectivity index (χ1) is 11.3. The molecule has 2 N–H and O–H groups in total. The SMILES string of the molecule is CN=C(NCc1ccnn1C)NCC(C)(C)c1c(Cl)cccc1Cl.I. The Morgan fingerprint density at radius 3 is 2.36 bits per heavy atom. The second kappa shape index (κ2) is 9.64. The van der Waals surface area contributed by atoms with Crippen molar-refractivity contribution in [1.29, 1.82) is 0 Å². The molecular formula is C17H24Cl2IN5. The molecule has 1 aromatic carbocycles. The number of benzene rings is 1. The molecule has 0 saturated carbocycles. The summed E-state index contributed by atoms with van der Waals surface area (Å²) in [5.41, 5.74) is 1.76. The third-order valence-electron chi connectivity index (χ3n) is 3.92. The molecule has 0 bridgehead atoms. The van der Waals surface area contributed by atoms with Crippen molar-refractivity contribution in [2.75, 3.05) is 13.6 Å². The Bertz CT molecular complexity index is 707. The van der Waals surface area contributed by atoms with Gasteiger partial charge in [0.15, 0.2) is 5.96 Å². The topological polar surface area (TPSA) is 54.2 Å². The maximum absolute atomic E-state index is 6.34. The summed E-state index contributed by atoms with van der Waals surface area (Å²) >= 11 is 12.7. The molecule has 0 saturated heterocycles. The highest BCUT2D eigenvalue weighted by molar-refractivity contribution is 14.0. The Labute approximate surface area is 176 Å². The molecule has 2 aromatic rings. The van der Waals surface area contributed by atoms with Crippen LogP contribution in [0.2, 0.25) is 10.0 Å². The number of aromatic nitrogens is 2. The van der Waals surface area contributed by atoms with Crippen LogP contribution in [-0.2, 0) is 19.0 Å². The maximum atomic E-state index is 6.34. The summed E-state index contributed by atoms with van der Waals surface area (Å²) in [6.45, 7) is 5.48. The van der Waals surface area contributed by atoms with E-state index < -0.39 is 0 Å². The van der Waals surface area contributed by atoms with Crippen LogP contribution in [0.25, 0.3) is 0 Å². The number of hydrogen-bond acceptors (Lipinski definition) is 2. The van der Waals surface area contributed by atoms with Gasteiger partial charge in [0.1, 0.15) is 0 Å². The molecular weight excluding hydrogens is 472 g/mol. The number of aryl methyl sites for hydroxylation is 1. The molecule has 1 heterocycles. The van der Waals surface area contributed by atoms with Crippen LogP contribution in [0.15, 0.2) is 35.5 Å². The minimum atomic E-state index is -0.250. The largest absolute Gasteiger partial charge is 0.356 e. The minimum Gasteiger partial charge on any atom is -0.356 e. The molecule has 0 aliphatic carbocycles. The first-order valence-electron chi connectivity index (χ1n) is 7.71. The summed E-state index contributed by atoms with van der Waals surface area (Å²) in [7, 11) is 3.66. The van der Waals surface area contributed by atoms with E-state index in [-0.39, 0.29) is 29.4 Å². The molecule has 138 valence electrons. The molecule has 2 rings (SSSR count). The van der Waals surface area contributed by atoms with Crippen LogP contribution in [0.5, 0.6) is 0 Å². The molecule has 0 fully saturated rings. The van der Waals surface area contributed by atoms with Gasteiger partial charge in [0, 0.05) is 42.3 Å². The summed E-state index contributed by atoms with van der Waals surface area (Å²) in [4.78, 5) is 4.26. The van der Waals surface area contributed by atoms with E-state index in [0.717, 1.165) is 11.3 Å². The minimum absolute atomic E-state index is 0. The first-order valence-corrected chi connectivity index (χ1v) is 8.46. The predicted molar refractivity (Wildman–Crippen MR) is 116 cm³/mol. The van der Waals surface area contributed by atoms with Crippen LogP contribution in [0.1, 0.15) is 25.1 Å². The lowest BCUT2D eigenvalue weighted by Gasteiger charge is -2.28. The van der Waals surface area contributed by atoms with Gasteiger partial charge in [-0.15, -0.1) is 24.0 Å². The monoisotopic (exact) mass is 495 g/mol. The highest BCUT2D eigenvalue weighted by Gasteiger charge is 2.26. The van der Waals surface area contributed by atoms with Crippen LogP contribution >= 0.6 is 47.2 Å². The van der Waals surface area contributed by atoms with Crippen LogP contribution in [0, 0.1) is 0 Å². The number of hydrogen-bond donors (Lipinski definition) is 2. The molecule has 0 aliphatic rings. The van der Waals surface area contributed by atoms with E-state index in [9.17, 15) is 0 Å². The van der Waals surface area contributed by atoms with Crippen molar-refractivity contribution in [2.45, 2.75) is 25.8 Å². The maximum Gasteiger partial charge on any atom is 0.191 e. The molecule has 25 heavy (non-hydrogen) atoms. The molecule has 8 heteroatoms. The summed E-state index contributed by atoms with van der Waals surface area (Å²) in [5, 5.41) is 12.1. The molecule has 0 radical (unpaired) electrons. The standard InChI is InChI=1S/C17H23Cl2N5.HI/c1-17(2,15-13(18)6-5-7-14(15)19)11-22-16(20-3)21-10-12-8-9-23-24(12)4;/h5-9H,10-11H2,1-4H3,(H2,20,21,22);1H. The Morgan fingerprint density at radius 2 is 1.84 bits per heavy atom. The van der Waals surface area contributed by atoms with Crippen molar-refractivity contribution < 1.29 is 0 Å².